The topological polar surface area (TPSA) is 61.9 Å². The van der Waals surface area contributed by atoms with E-state index in [9.17, 15) is 14.0 Å². The summed E-state index contributed by atoms with van der Waals surface area (Å²) in [5.41, 5.74) is 2.90. The molecular weight excluding hydrogens is 409 g/mol. The first-order valence-electron chi connectivity index (χ1n) is 11.3. The van der Waals surface area contributed by atoms with Gasteiger partial charge in [-0.2, -0.15) is 0 Å². The molecule has 0 radical (unpaired) electrons. The van der Waals surface area contributed by atoms with Crippen LogP contribution in [0.5, 0.6) is 0 Å². The first-order valence-corrected chi connectivity index (χ1v) is 11.3. The monoisotopic (exact) mass is 439 g/mol. The molecule has 2 heterocycles. The molecule has 2 unspecified atom stereocenters. The fourth-order valence-corrected chi connectivity index (χ4v) is 4.38. The van der Waals surface area contributed by atoms with E-state index in [1.54, 1.807) is 17.0 Å². The molecule has 2 fully saturated rings. The van der Waals surface area contributed by atoms with Gasteiger partial charge in [0.05, 0.1) is 24.8 Å². The third kappa shape index (κ3) is 4.63. The molecule has 0 bridgehead atoms. The lowest BCUT2D eigenvalue weighted by molar-refractivity contribution is -0.122. The Bertz CT molecular complexity index is 990. The van der Waals surface area contributed by atoms with Gasteiger partial charge in [-0.25, -0.2) is 4.39 Å². The third-order valence-corrected chi connectivity index (χ3v) is 6.43. The molecule has 0 spiro atoms. The Kier molecular flexibility index (Phi) is 6.74. The van der Waals surface area contributed by atoms with Crippen molar-refractivity contribution in [1.29, 1.82) is 0 Å². The molecule has 2 atom stereocenters. The molecule has 32 heavy (non-hydrogen) atoms. The maximum Gasteiger partial charge on any atom is 0.229 e. The molecule has 2 aromatic rings. The Hall–Kier alpha value is -2.93. The molecule has 2 saturated heterocycles. The normalized spacial score (nSPS) is 19.8. The second-order valence-corrected chi connectivity index (χ2v) is 8.53. The zero-order valence-corrected chi connectivity index (χ0v) is 18.6. The van der Waals surface area contributed by atoms with Crippen LogP contribution in [-0.4, -0.2) is 44.7 Å². The van der Waals surface area contributed by atoms with Gasteiger partial charge in [0.2, 0.25) is 11.8 Å². The van der Waals surface area contributed by atoms with Crippen LogP contribution in [0, 0.1) is 11.7 Å². The number of anilines is 3. The average molecular weight is 440 g/mol. The molecule has 2 amide bonds. The van der Waals surface area contributed by atoms with Crippen LogP contribution in [0.2, 0.25) is 0 Å². The summed E-state index contributed by atoms with van der Waals surface area (Å²) in [6.45, 7) is 7.01. The number of nitrogens with one attached hydrogen (secondary N) is 1. The van der Waals surface area contributed by atoms with Gasteiger partial charge in [0.1, 0.15) is 5.82 Å². The predicted molar refractivity (Wildman–Crippen MR) is 124 cm³/mol. The third-order valence-electron chi connectivity index (χ3n) is 6.43. The Balaban J connectivity index is 1.44. The van der Waals surface area contributed by atoms with Gasteiger partial charge in [-0.3, -0.25) is 9.59 Å². The van der Waals surface area contributed by atoms with Crippen LogP contribution < -0.4 is 15.1 Å². The lowest BCUT2D eigenvalue weighted by Gasteiger charge is -2.29. The summed E-state index contributed by atoms with van der Waals surface area (Å²) in [7, 11) is 0. The van der Waals surface area contributed by atoms with E-state index < -0.39 is 5.92 Å². The molecule has 0 aliphatic carbocycles. The van der Waals surface area contributed by atoms with E-state index in [0.29, 0.717) is 50.1 Å². The van der Waals surface area contributed by atoms with Crippen molar-refractivity contribution in [1.82, 2.24) is 0 Å². The van der Waals surface area contributed by atoms with Crippen LogP contribution >= 0.6 is 0 Å². The number of rotatable bonds is 6. The van der Waals surface area contributed by atoms with Crippen molar-refractivity contribution in [3.05, 3.63) is 53.8 Å². The second kappa shape index (κ2) is 9.69. The summed E-state index contributed by atoms with van der Waals surface area (Å²) < 4.78 is 20.0. The molecule has 2 aromatic carbocycles. The van der Waals surface area contributed by atoms with Crippen LogP contribution in [0.3, 0.4) is 0 Å². The van der Waals surface area contributed by atoms with Crippen LogP contribution in [0.15, 0.2) is 42.5 Å². The molecule has 6 nitrogen and oxygen atoms in total. The number of benzene rings is 2. The summed E-state index contributed by atoms with van der Waals surface area (Å²) >= 11 is 0. The van der Waals surface area contributed by atoms with Crippen LogP contribution in [-0.2, 0) is 14.3 Å². The van der Waals surface area contributed by atoms with Crippen molar-refractivity contribution >= 4 is 28.9 Å². The number of halogens is 1. The van der Waals surface area contributed by atoms with Gasteiger partial charge in [-0.05, 0) is 42.2 Å². The number of carbonyl (C=O) groups is 2. The standard InChI is InChI=1S/C25H30FN3O3/c1-3-17(2)20-6-4-5-7-22(20)29-16-18(14-24(29)30)25(31)27-19-8-9-23(21(26)15-19)28-10-12-32-13-11-28/h4-9,15,17-18H,3,10-14,16H2,1-2H3,(H,27,31). The van der Waals surface area contributed by atoms with E-state index in [1.165, 1.54) is 6.07 Å². The molecule has 2 aliphatic heterocycles. The lowest BCUT2D eigenvalue weighted by Crippen LogP contribution is -2.36. The molecule has 0 saturated carbocycles. The van der Waals surface area contributed by atoms with E-state index in [2.05, 4.69) is 19.2 Å². The van der Waals surface area contributed by atoms with E-state index in [4.69, 9.17) is 4.74 Å². The second-order valence-electron chi connectivity index (χ2n) is 8.53. The summed E-state index contributed by atoms with van der Waals surface area (Å²) in [6, 6.07) is 12.6. The highest BCUT2D eigenvalue weighted by Gasteiger charge is 2.36. The van der Waals surface area contributed by atoms with Crippen molar-refractivity contribution in [2.24, 2.45) is 5.92 Å². The van der Waals surface area contributed by atoms with Crippen LogP contribution in [0.1, 0.15) is 38.2 Å². The van der Waals surface area contributed by atoms with Crippen LogP contribution in [0.4, 0.5) is 21.5 Å². The smallest absolute Gasteiger partial charge is 0.229 e. The zero-order valence-electron chi connectivity index (χ0n) is 18.6. The van der Waals surface area contributed by atoms with Crippen molar-refractivity contribution < 1.29 is 18.7 Å². The number of hydrogen-bond acceptors (Lipinski definition) is 4. The molecular formula is C25H30FN3O3. The molecule has 2 aliphatic rings. The molecule has 170 valence electrons. The van der Waals surface area contributed by atoms with Gasteiger partial charge in [-0.1, -0.05) is 32.0 Å². The Morgan fingerprint density at radius 1 is 1.19 bits per heavy atom. The van der Waals surface area contributed by atoms with Crippen molar-refractivity contribution in [2.75, 3.05) is 48.0 Å². The number of morpholine rings is 1. The van der Waals surface area contributed by atoms with E-state index in [1.807, 2.05) is 29.2 Å². The highest BCUT2D eigenvalue weighted by Crippen LogP contribution is 2.34. The highest BCUT2D eigenvalue weighted by atomic mass is 19.1. The lowest BCUT2D eigenvalue weighted by atomic mass is 9.96. The average Bonchev–Trinajstić information content (AvgIpc) is 3.21. The van der Waals surface area contributed by atoms with E-state index >= 15 is 0 Å². The highest BCUT2D eigenvalue weighted by molar-refractivity contribution is 6.04. The van der Waals surface area contributed by atoms with Gasteiger partial charge in [0.25, 0.3) is 0 Å². The summed E-state index contributed by atoms with van der Waals surface area (Å²) in [6.07, 6.45) is 1.12. The number of amides is 2. The van der Waals surface area contributed by atoms with E-state index in [0.717, 1.165) is 17.7 Å². The van der Waals surface area contributed by atoms with Crippen LogP contribution in [0.25, 0.3) is 0 Å². The number of hydrogen-bond donors (Lipinski definition) is 1. The van der Waals surface area contributed by atoms with Gasteiger partial charge in [0, 0.05) is 37.4 Å². The fourth-order valence-electron chi connectivity index (χ4n) is 4.38. The van der Waals surface area contributed by atoms with Gasteiger partial charge < -0.3 is 19.9 Å². The first-order chi connectivity index (χ1) is 15.5. The Morgan fingerprint density at radius 2 is 1.94 bits per heavy atom. The minimum Gasteiger partial charge on any atom is -0.378 e. The number of ether oxygens (including phenoxy) is 1. The maximum absolute atomic E-state index is 14.7. The van der Waals surface area contributed by atoms with Crippen molar-refractivity contribution in [2.45, 2.75) is 32.6 Å². The molecule has 1 N–H and O–H groups in total. The predicted octanol–water partition coefficient (Wildman–Crippen LogP) is 4.17. The first kappa shape index (κ1) is 22.3. The zero-order chi connectivity index (χ0) is 22.7. The van der Waals surface area contributed by atoms with Gasteiger partial charge >= 0.3 is 0 Å². The molecule has 4 rings (SSSR count). The summed E-state index contributed by atoms with van der Waals surface area (Å²) in [5, 5.41) is 2.79. The Morgan fingerprint density at radius 3 is 2.66 bits per heavy atom. The van der Waals surface area contributed by atoms with E-state index in [-0.39, 0.29) is 24.1 Å². The fraction of sp³-hybridized carbons (Fsp3) is 0.440. The summed E-state index contributed by atoms with van der Waals surface area (Å²) in [4.78, 5) is 29.3. The molecule has 7 heteroatoms. The van der Waals surface area contributed by atoms with Crippen molar-refractivity contribution in [3.63, 3.8) is 0 Å². The SMILES string of the molecule is CCC(C)c1ccccc1N1CC(C(=O)Nc2ccc(N3CCOCC3)c(F)c2)CC1=O. The van der Waals surface area contributed by atoms with Gasteiger partial charge in [0.15, 0.2) is 0 Å². The maximum atomic E-state index is 14.7. The van der Waals surface area contributed by atoms with Gasteiger partial charge in [-0.15, -0.1) is 0 Å². The largest absolute Gasteiger partial charge is 0.378 e. The van der Waals surface area contributed by atoms with Crippen molar-refractivity contribution in [3.8, 4) is 0 Å². The number of carbonyl (C=O) groups excluding carboxylic acids is 2. The minimum absolute atomic E-state index is 0.0604. The number of para-hydroxylation sites is 1. The molecule has 0 aromatic heterocycles. The number of nitrogens with zero attached hydrogens (tertiary/aromatic N) is 2. The summed E-state index contributed by atoms with van der Waals surface area (Å²) in [5.74, 6) is -0.860. The Labute approximate surface area is 188 Å². The minimum atomic E-state index is -0.477. The quantitative estimate of drug-likeness (QED) is 0.734.